The second-order valence-corrected chi connectivity index (χ2v) is 7.25. The summed E-state index contributed by atoms with van der Waals surface area (Å²) in [5.74, 6) is -0.810. The molecular weight excluding hydrogens is 303 g/mol. The van der Waals surface area contributed by atoms with Gasteiger partial charge in [0.1, 0.15) is 10.7 Å². The zero-order valence-corrected chi connectivity index (χ0v) is 13.1. The molecule has 1 aliphatic rings. The summed E-state index contributed by atoms with van der Waals surface area (Å²) in [5, 5.41) is -0.0813. The maximum absolute atomic E-state index is 13.8. The lowest BCUT2D eigenvalue weighted by Gasteiger charge is -2.24. The first-order chi connectivity index (χ1) is 9.37. The molecule has 0 saturated carbocycles. The van der Waals surface area contributed by atoms with Gasteiger partial charge in [0.15, 0.2) is 0 Å². The summed E-state index contributed by atoms with van der Waals surface area (Å²) in [7, 11) is -2.43. The van der Waals surface area contributed by atoms with Gasteiger partial charge in [0.25, 0.3) is 0 Å². The standard InChI is InChI=1S/C13H18ClFN2O2S/c1-3-17-8-7-10(9-17)16(2)20(18,19)13-11(14)5-4-6-12(13)15/h4-6,10H,3,7-9H2,1-2H3. The Labute approximate surface area is 124 Å². The van der Waals surface area contributed by atoms with Crippen LogP contribution in [0.4, 0.5) is 4.39 Å². The predicted molar refractivity (Wildman–Crippen MR) is 76.9 cm³/mol. The van der Waals surface area contributed by atoms with Gasteiger partial charge < -0.3 is 4.90 Å². The molecule has 0 aliphatic carbocycles. The van der Waals surface area contributed by atoms with E-state index in [0.29, 0.717) is 6.54 Å². The largest absolute Gasteiger partial charge is 0.302 e. The quantitative estimate of drug-likeness (QED) is 0.854. The monoisotopic (exact) mass is 320 g/mol. The van der Waals surface area contributed by atoms with Gasteiger partial charge in [-0.05, 0) is 31.6 Å². The number of sulfonamides is 1. The van der Waals surface area contributed by atoms with E-state index in [2.05, 4.69) is 4.90 Å². The van der Waals surface area contributed by atoms with Gasteiger partial charge in [0.05, 0.1) is 5.02 Å². The van der Waals surface area contributed by atoms with Crippen molar-refractivity contribution < 1.29 is 12.8 Å². The molecule has 1 atom stereocenters. The van der Waals surface area contributed by atoms with Crippen LogP contribution in [0.15, 0.2) is 23.1 Å². The Balaban J connectivity index is 2.31. The van der Waals surface area contributed by atoms with Gasteiger partial charge in [-0.3, -0.25) is 0 Å². The van der Waals surface area contributed by atoms with E-state index in [4.69, 9.17) is 11.6 Å². The van der Waals surface area contributed by atoms with Crippen molar-refractivity contribution in [2.24, 2.45) is 0 Å². The Kier molecular flexibility index (Phi) is 4.69. The number of rotatable bonds is 4. The number of hydrogen-bond donors (Lipinski definition) is 0. The van der Waals surface area contributed by atoms with Crippen LogP contribution in [0.2, 0.25) is 5.02 Å². The molecule has 2 rings (SSSR count). The lowest BCUT2D eigenvalue weighted by atomic mass is 10.3. The normalized spacial score (nSPS) is 20.8. The Morgan fingerprint density at radius 2 is 2.20 bits per heavy atom. The van der Waals surface area contributed by atoms with Crippen molar-refractivity contribution in [3.8, 4) is 0 Å². The molecule has 1 aliphatic heterocycles. The minimum atomic E-state index is -3.92. The highest BCUT2D eigenvalue weighted by Gasteiger charge is 2.35. The van der Waals surface area contributed by atoms with Crippen LogP contribution in [-0.4, -0.2) is 50.3 Å². The lowest BCUT2D eigenvalue weighted by molar-refractivity contribution is 0.316. The van der Waals surface area contributed by atoms with Crippen LogP contribution in [-0.2, 0) is 10.0 Å². The Hall–Kier alpha value is -0.690. The molecule has 0 aromatic heterocycles. The predicted octanol–water partition coefficient (Wildman–Crippen LogP) is 2.19. The maximum atomic E-state index is 13.8. The first-order valence-electron chi connectivity index (χ1n) is 6.52. The summed E-state index contributed by atoms with van der Waals surface area (Å²) in [5.41, 5.74) is 0. The number of likely N-dealkylation sites (N-methyl/N-ethyl adjacent to an activating group) is 2. The minimum Gasteiger partial charge on any atom is -0.302 e. The fourth-order valence-corrected chi connectivity index (χ4v) is 4.40. The van der Waals surface area contributed by atoms with E-state index in [1.807, 2.05) is 6.92 Å². The fourth-order valence-electron chi connectivity index (χ4n) is 2.47. The van der Waals surface area contributed by atoms with Crippen molar-refractivity contribution in [3.05, 3.63) is 29.0 Å². The van der Waals surface area contributed by atoms with E-state index in [-0.39, 0.29) is 11.1 Å². The van der Waals surface area contributed by atoms with Crippen molar-refractivity contribution in [2.45, 2.75) is 24.3 Å². The van der Waals surface area contributed by atoms with Crippen molar-refractivity contribution in [2.75, 3.05) is 26.7 Å². The molecule has 7 heteroatoms. The van der Waals surface area contributed by atoms with Crippen LogP contribution in [0.1, 0.15) is 13.3 Å². The van der Waals surface area contributed by atoms with E-state index in [1.165, 1.54) is 23.5 Å². The molecule has 4 nitrogen and oxygen atoms in total. The third kappa shape index (κ3) is 2.83. The lowest BCUT2D eigenvalue weighted by Crippen LogP contribution is -2.39. The van der Waals surface area contributed by atoms with E-state index < -0.39 is 20.7 Å². The minimum absolute atomic E-state index is 0.0813. The van der Waals surface area contributed by atoms with Crippen molar-refractivity contribution >= 4 is 21.6 Å². The molecule has 112 valence electrons. The van der Waals surface area contributed by atoms with Gasteiger partial charge in [-0.25, -0.2) is 12.8 Å². The molecule has 1 fully saturated rings. The molecule has 0 N–H and O–H groups in total. The molecule has 0 spiro atoms. The molecule has 1 unspecified atom stereocenters. The number of likely N-dealkylation sites (tertiary alicyclic amines) is 1. The van der Waals surface area contributed by atoms with E-state index in [0.717, 1.165) is 25.6 Å². The van der Waals surface area contributed by atoms with Crippen LogP contribution >= 0.6 is 11.6 Å². The second-order valence-electron chi connectivity index (χ2n) is 4.91. The summed E-state index contributed by atoms with van der Waals surface area (Å²) in [6.45, 7) is 4.43. The maximum Gasteiger partial charge on any atom is 0.247 e. The van der Waals surface area contributed by atoms with Crippen molar-refractivity contribution in [1.29, 1.82) is 0 Å². The second kappa shape index (κ2) is 5.97. The summed E-state index contributed by atoms with van der Waals surface area (Å²) < 4.78 is 40.2. The van der Waals surface area contributed by atoms with Crippen LogP contribution in [0.5, 0.6) is 0 Å². The highest BCUT2D eigenvalue weighted by Crippen LogP contribution is 2.29. The Morgan fingerprint density at radius 1 is 1.50 bits per heavy atom. The summed E-state index contributed by atoms with van der Waals surface area (Å²) in [4.78, 5) is 1.73. The number of hydrogen-bond acceptors (Lipinski definition) is 3. The van der Waals surface area contributed by atoms with Gasteiger partial charge in [0, 0.05) is 19.6 Å². The average molecular weight is 321 g/mol. The van der Waals surface area contributed by atoms with Gasteiger partial charge in [-0.15, -0.1) is 0 Å². The van der Waals surface area contributed by atoms with Crippen LogP contribution in [0.3, 0.4) is 0 Å². The zero-order valence-electron chi connectivity index (χ0n) is 11.5. The van der Waals surface area contributed by atoms with E-state index in [9.17, 15) is 12.8 Å². The van der Waals surface area contributed by atoms with E-state index in [1.54, 1.807) is 0 Å². The molecule has 1 aromatic rings. The molecular formula is C13H18ClFN2O2S. The smallest absolute Gasteiger partial charge is 0.247 e. The van der Waals surface area contributed by atoms with E-state index >= 15 is 0 Å². The first-order valence-corrected chi connectivity index (χ1v) is 8.34. The highest BCUT2D eigenvalue weighted by atomic mass is 35.5. The molecule has 0 bridgehead atoms. The first kappa shape index (κ1) is 15.7. The topological polar surface area (TPSA) is 40.6 Å². The van der Waals surface area contributed by atoms with Crippen LogP contribution in [0, 0.1) is 5.82 Å². The fraction of sp³-hybridized carbons (Fsp3) is 0.538. The van der Waals surface area contributed by atoms with Crippen LogP contribution < -0.4 is 0 Å². The Bertz CT molecular complexity index is 574. The summed E-state index contributed by atoms with van der Waals surface area (Å²) in [6.07, 6.45) is 0.746. The molecule has 0 amide bonds. The summed E-state index contributed by atoms with van der Waals surface area (Å²) >= 11 is 5.86. The molecule has 1 saturated heterocycles. The van der Waals surface area contributed by atoms with Gasteiger partial charge in [0.2, 0.25) is 10.0 Å². The SMILES string of the molecule is CCN1CCC(N(C)S(=O)(=O)c2c(F)cccc2Cl)C1. The molecule has 0 radical (unpaired) electrons. The number of nitrogens with zero attached hydrogens (tertiary/aromatic N) is 2. The zero-order chi connectivity index (χ0) is 14.9. The van der Waals surface area contributed by atoms with Crippen molar-refractivity contribution in [3.63, 3.8) is 0 Å². The summed E-state index contributed by atoms with van der Waals surface area (Å²) in [6, 6.07) is 3.75. The molecule has 1 heterocycles. The average Bonchev–Trinajstić information content (AvgIpc) is 2.85. The van der Waals surface area contributed by atoms with Crippen LogP contribution in [0.25, 0.3) is 0 Å². The van der Waals surface area contributed by atoms with Gasteiger partial charge in [-0.2, -0.15) is 4.31 Å². The molecule has 20 heavy (non-hydrogen) atoms. The van der Waals surface area contributed by atoms with Crippen molar-refractivity contribution in [1.82, 2.24) is 9.21 Å². The van der Waals surface area contributed by atoms with Gasteiger partial charge >= 0.3 is 0 Å². The number of benzene rings is 1. The highest BCUT2D eigenvalue weighted by molar-refractivity contribution is 7.89. The molecule has 1 aromatic carbocycles. The number of halogens is 2. The third-order valence-corrected chi connectivity index (χ3v) is 6.18. The Morgan fingerprint density at radius 3 is 2.75 bits per heavy atom. The van der Waals surface area contributed by atoms with Gasteiger partial charge in [-0.1, -0.05) is 24.6 Å². The third-order valence-electron chi connectivity index (χ3n) is 3.76.